The van der Waals surface area contributed by atoms with Crippen LogP contribution in [0.5, 0.6) is 0 Å². The van der Waals surface area contributed by atoms with E-state index in [2.05, 4.69) is 17.4 Å². The average molecular weight is 259 g/mol. The van der Waals surface area contributed by atoms with Crippen LogP contribution in [-0.4, -0.2) is 23.7 Å². The molecule has 0 saturated heterocycles. The Morgan fingerprint density at radius 1 is 1.21 bits per heavy atom. The summed E-state index contributed by atoms with van der Waals surface area (Å²) >= 11 is 0. The van der Waals surface area contributed by atoms with Crippen LogP contribution in [0.3, 0.4) is 0 Å². The Bertz CT molecular complexity index is 478. The Hall–Kier alpha value is -1.35. The van der Waals surface area contributed by atoms with E-state index in [4.69, 9.17) is 0 Å². The van der Waals surface area contributed by atoms with Gasteiger partial charge < -0.3 is 10.4 Å². The molecule has 0 atom stereocenters. The number of amides is 1. The summed E-state index contributed by atoms with van der Waals surface area (Å²) in [4.78, 5) is 12.1. The molecule has 0 spiro atoms. The number of hydrogen-bond acceptors (Lipinski definition) is 2. The van der Waals surface area contributed by atoms with Gasteiger partial charge in [0.2, 0.25) is 0 Å². The van der Waals surface area contributed by atoms with Crippen LogP contribution in [0.15, 0.2) is 18.2 Å². The van der Waals surface area contributed by atoms with Crippen LogP contribution in [0, 0.1) is 5.92 Å². The van der Waals surface area contributed by atoms with Crippen molar-refractivity contribution in [3.8, 4) is 0 Å². The zero-order valence-electron chi connectivity index (χ0n) is 11.2. The third-order valence-corrected chi connectivity index (χ3v) is 4.37. The third kappa shape index (κ3) is 2.81. The average Bonchev–Trinajstić information content (AvgIpc) is 2.41. The largest absolute Gasteiger partial charge is 0.393 e. The van der Waals surface area contributed by atoms with Crippen LogP contribution in [0.1, 0.15) is 47.2 Å². The van der Waals surface area contributed by atoms with Gasteiger partial charge in [0.1, 0.15) is 0 Å². The zero-order chi connectivity index (χ0) is 13.2. The first kappa shape index (κ1) is 12.7. The quantitative estimate of drug-likeness (QED) is 0.873. The number of benzene rings is 1. The topological polar surface area (TPSA) is 49.3 Å². The molecule has 3 nitrogen and oxygen atoms in total. The van der Waals surface area contributed by atoms with E-state index in [-0.39, 0.29) is 12.0 Å². The first-order chi connectivity index (χ1) is 9.22. The van der Waals surface area contributed by atoms with E-state index in [1.54, 1.807) is 0 Å². The predicted molar refractivity (Wildman–Crippen MR) is 74.1 cm³/mol. The number of aliphatic hydroxyl groups is 1. The standard InChI is InChI=1S/C16H21NO2/c18-15-7-11(8-15)10-17-16(19)14-6-5-12-3-1-2-4-13(12)9-14/h5-6,9,11,15,18H,1-4,7-8,10H2,(H,17,19). The minimum Gasteiger partial charge on any atom is -0.393 e. The van der Waals surface area contributed by atoms with Gasteiger partial charge in [-0.3, -0.25) is 4.79 Å². The van der Waals surface area contributed by atoms with Gasteiger partial charge in [-0.2, -0.15) is 0 Å². The first-order valence-corrected chi connectivity index (χ1v) is 7.30. The van der Waals surface area contributed by atoms with Crippen molar-refractivity contribution >= 4 is 5.91 Å². The molecule has 1 saturated carbocycles. The molecule has 0 unspecified atom stereocenters. The summed E-state index contributed by atoms with van der Waals surface area (Å²) in [7, 11) is 0. The molecule has 0 heterocycles. The number of nitrogens with one attached hydrogen (secondary N) is 1. The smallest absolute Gasteiger partial charge is 0.251 e. The molecule has 0 radical (unpaired) electrons. The van der Waals surface area contributed by atoms with E-state index in [1.165, 1.54) is 24.0 Å². The van der Waals surface area contributed by atoms with Gasteiger partial charge in [0.25, 0.3) is 5.91 Å². The van der Waals surface area contributed by atoms with E-state index in [1.807, 2.05) is 6.07 Å². The fraction of sp³-hybridized carbons (Fsp3) is 0.562. The molecule has 3 heteroatoms. The molecule has 2 aliphatic rings. The number of carbonyl (C=O) groups is 1. The SMILES string of the molecule is O=C(NCC1CC(O)C1)c1ccc2c(c1)CCCC2. The van der Waals surface area contributed by atoms with Crippen LogP contribution in [0.25, 0.3) is 0 Å². The highest BCUT2D eigenvalue weighted by Crippen LogP contribution is 2.26. The normalized spacial score (nSPS) is 25.3. The molecule has 2 aliphatic carbocycles. The summed E-state index contributed by atoms with van der Waals surface area (Å²) in [6.07, 6.45) is 6.25. The van der Waals surface area contributed by atoms with E-state index in [0.717, 1.165) is 31.2 Å². The van der Waals surface area contributed by atoms with E-state index < -0.39 is 0 Å². The van der Waals surface area contributed by atoms with Crippen molar-refractivity contribution in [3.63, 3.8) is 0 Å². The molecular formula is C16H21NO2. The zero-order valence-corrected chi connectivity index (χ0v) is 11.2. The Kier molecular flexibility index (Phi) is 3.56. The van der Waals surface area contributed by atoms with Crippen LogP contribution in [0.4, 0.5) is 0 Å². The van der Waals surface area contributed by atoms with E-state index in [9.17, 15) is 9.90 Å². The fourth-order valence-electron chi connectivity index (χ4n) is 3.08. The summed E-state index contributed by atoms with van der Waals surface area (Å²) in [6.45, 7) is 0.687. The van der Waals surface area contributed by atoms with Crippen molar-refractivity contribution in [2.75, 3.05) is 6.54 Å². The number of aliphatic hydroxyl groups excluding tert-OH is 1. The summed E-state index contributed by atoms with van der Waals surface area (Å²) < 4.78 is 0. The van der Waals surface area contributed by atoms with Gasteiger partial charge >= 0.3 is 0 Å². The molecule has 0 aromatic heterocycles. The molecule has 102 valence electrons. The van der Waals surface area contributed by atoms with Crippen molar-refractivity contribution in [1.82, 2.24) is 5.32 Å². The van der Waals surface area contributed by atoms with Crippen molar-refractivity contribution in [3.05, 3.63) is 34.9 Å². The number of carbonyl (C=O) groups excluding carboxylic acids is 1. The summed E-state index contributed by atoms with van der Waals surface area (Å²) in [6, 6.07) is 6.10. The molecule has 1 aromatic carbocycles. The molecule has 0 bridgehead atoms. The lowest BCUT2D eigenvalue weighted by atomic mass is 9.82. The second-order valence-corrected chi connectivity index (χ2v) is 5.89. The second-order valence-electron chi connectivity index (χ2n) is 5.89. The summed E-state index contributed by atoms with van der Waals surface area (Å²) in [5, 5.41) is 12.2. The summed E-state index contributed by atoms with van der Waals surface area (Å²) in [5.41, 5.74) is 3.53. The Morgan fingerprint density at radius 3 is 2.68 bits per heavy atom. The van der Waals surface area contributed by atoms with Gasteiger partial charge in [0, 0.05) is 12.1 Å². The maximum Gasteiger partial charge on any atom is 0.251 e. The van der Waals surface area contributed by atoms with Crippen molar-refractivity contribution < 1.29 is 9.90 Å². The minimum absolute atomic E-state index is 0.0229. The molecule has 0 aliphatic heterocycles. The van der Waals surface area contributed by atoms with Crippen LogP contribution in [-0.2, 0) is 12.8 Å². The summed E-state index contributed by atoms with van der Waals surface area (Å²) in [5.74, 6) is 0.478. The lowest BCUT2D eigenvalue weighted by Gasteiger charge is -2.31. The van der Waals surface area contributed by atoms with Gasteiger partial charge in [-0.05, 0) is 67.7 Å². The maximum absolute atomic E-state index is 12.1. The number of rotatable bonds is 3. The van der Waals surface area contributed by atoms with Gasteiger partial charge in [-0.15, -0.1) is 0 Å². The monoisotopic (exact) mass is 259 g/mol. The third-order valence-electron chi connectivity index (χ3n) is 4.37. The van der Waals surface area contributed by atoms with Crippen molar-refractivity contribution in [1.29, 1.82) is 0 Å². The highest BCUT2D eigenvalue weighted by atomic mass is 16.3. The van der Waals surface area contributed by atoms with Crippen LogP contribution >= 0.6 is 0 Å². The van der Waals surface area contributed by atoms with Crippen molar-refractivity contribution in [2.45, 2.75) is 44.6 Å². The van der Waals surface area contributed by atoms with E-state index in [0.29, 0.717) is 12.5 Å². The number of fused-ring (bicyclic) bond motifs is 1. The minimum atomic E-state index is -0.148. The molecule has 19 heavy (non-hydrogen) atoms. The van der Waals surface area contributed by atoms with Crippen LogP contribution < -0.4 is 5.32 Å². The van der Waals surface area contributed by atoms with Gasteiger partial charge in [-0.25, -0.2) is 0 Å². The lowest BCUT2D eigenvalue weighted by Crippen LogP contribution is -2.38. The van der Waals surface area contributed by atoms with Crippen LogP contribution in [0.2, 0.25) is 0 Å². The Labute approximate surface area is 114 Å². The molecule has 1 amide bonds. The van der Waals surface area contributed by atoms with Crippen molar-refractivity contribution in [2.24, 2.45) is 5.92 Å². The lowest BCUT2D eigenvalue weighted by molar-refractivity contribution is 0.0420. The van der Waals surface area contributed by atoms with Gasteiger partial charge in [0.05, 0.1) is 6.10 Å². The van der Waals surface area contributed by atoms with E-state index >= 15 is 0 Å². The van der Waals surface area contributed by atoms with Gasteiger partial charge in [0.15, 0.2) is 0 Å². The molecule has 1 aromatic rings. The molecule has 3 rings (SSSR count). The predicted octanol–water partition coefficient (Wildman–Crippen LogP) is 2.07. The highest BCUT2D eigenvalue weighted by Gasteiger charge is 2.27. The second kappa shape index (κ2) is 5.33. The maximum atomic E-state index is 12.1. The Morgan fingerprint density at radius 2 is 1.95 bits per heavy atom. The highest BCUT2D eigenvalue weighted by molar-refractivity contribution is 5.94. The first-order valence-electron chi connectivity index (χ1n) is 7.30. The molecular weight excluding hydrogens is 238 g/mol. The molecule has 2 N–H and O–H groups in total. The fourth-order valence-corrected chi connectivity index (χ4v) is 3.08. The number of aryl methyl sites for hydroxylation is 2. The molecule has 1 fully saturated rings. The van der Waals surface area contributed by atoms with Gasteiger partial charge in [-0.1, -0.05) is 6.07 Å². The number of hydrogen-bond donors (Lipinski definition) is 2. The Balaban J connectivity index is 1.60.